The molecule has 0 bridgehead atoms. The second-order valence-corrected chi connectivity index (χ2v) is 4.11. The predicted molar refractivity (Wildman–Crippen MR) is 64.1 cm³/mol. The summed E-state index contributed by atoms with van der Waals surface area (Å²) in [5.41, 5.74) is 2.11. The molecular formula is C11H10N6O2. The van der Waals surface area contributed by atoms with Gasteiger partial charge in [0.25, 0.3) is 5.91 Å². The van der Waals surface area contributed by atoms with Gasteiger partial charge in [0, 0.05) is 17.8 Å². The summed E-state index contributed by atoms with van der Waals surface area (Å²) >= 11 is 0. The number of hydrogen-bond donors (Lipinski definition) is 2. The van der Waals surface area contributed by atoms with Crippen molar-refractivity contribution in [2.75, 3.05) is 5.32 Å². The largest absolute Gasteiger partial charge is 0.348 e. The first-order chi connectivity index (χ1) is 9.22. The number of nitrogens with zero attached hydrogens (tertiary/aromatic N) is 4. The Morgan fingerprint density at radius 3 is 3.16 bits per heavy atom. The zero-order chi connectivity index (χ0) is 13.2. The molecule has 1 aromatic carbocycles. The summed E-state index contributed by atoms with van der Waals surface area (Å²) in [4.78, 5) is 23.2. The topological polar surface area (TPSA) is 102 Å². The summed E-state index contributed by atoms with van der Waals surface area (Å²) < 4.78 is 1.31. The lowest BCUT2D eigenvalue weighted by Crippen LogP contribution is -2.19. The predicted octanol–water partition coefficient (Wildman–Crippen LogP) is -0.445. The third kappa shape index (κ3) is 2.28. The highest BCUT2D eigenvalue weighted by molar-refractivity contribution is 6.00. The van der Waals surface area contributed by atoms with E-state index in [2.05, 4.69) is 26.2 Å². The van der Waals surface area contributed by atoms with Crippen molar-refractivity contribution >= 4 is 17.5 Å². The van der Waals surface area contributed by atoms with Crippen LogP contribution in [0.15, 0.2) is 24.5 Å². The molecule has 8 nitrogen and oxygen atoms in total. The van der Waals surface area contributed by atoms with E-state index >= 15 is 0 Å². The maximum Gasteiger partial charge on any atom is 0.251 e. The van der Waals surface area contributed by atoms with Gasteiger partial charge in [0.15, 0.2) is 0 Å². The van der Waals surface area contributed by atoms with Crippen LogP contribution in [0.3, 0.4) is 0 Å². The molecule has 2 aromatic rings. The third-order valence-electron chi connectivity index (χ3n) is 2.77. The van der Waals surface area contributed by atoms with Gasteiger partial charge in [-0.2, -0.15) is 0 Å². The van der Waals surface area contributed by atoms with Crippen molar-refractivity contribution in [2.45, 2.75) is 13.1 Å². The van der Waals surface area contributed by atoms with Crippen LogP contribution in [0, 0.1) is 0 Å². The smallest absolute Gasteiger partial charge is 0.251 e. The van der Waals surface area contributed by atoms with Crippen LogP contribution < -0.4 is 10.6 Å². The van der Waals surface area contributed by atoms with E-state index < -0.39 is 0 Å². The molecule has 1 aromatic heterocycles. The van der Waals surface area contributed by atoms with Gasteiger partial charge in [0.2, 0.25) is 5.91 Å². The number of carbonyl (C=O) groups excluding carboxylic acids is 2. The molecule has 3 rings (SSSR count). The number of anilines is 1. The average molecular weight is 258 g/mol. The molecule has 0 radical (unpaired) electrons. The van der Waals surface area contributed by atoms with E-state index in [-0.39, 0.29) is 18.4 Å². The minimum Gasteiger partial charge on any atom is -0.348 e. The molecule has 96 valence electrons. The number of benzene rings is 1. The quantitative estimate of drug-likeness (QED) is 0.776. The minimum atomic E-state index is -0.259. The van der Waals surface area contributed by atoms with Crippen molar-refractivity contribution in [3.8, 4) is 0 Å². The molecule has 1 aliphatic heterocycles. The van der Waals surface area contributed by atoms with Crippen LogP contribution in [-0.2, 0) is 17.9 Å². The van der Waals surface area contributed by atoms with E-state index in [9.17, 15) is 9.59 Å². The van der Waals surface area contributed by atoms with Crippen molar-refractivity contribution < 1.29 is 9.59 Å². The van der Waals surface area contributed by atoms with Gasteiger partial charge in [-0.05, 0) is 28.1 Å². The SMILES string of the molecule is O=C(Cn1cnnn1)Nc1ccc2c(c1)C(=O)NC2. The molecule has 8 heteroatoms. The summed E-state index contributed by atoms with van der Waals surface area (Å²) in [5.74, 6) is -0.378. The molecule has 0 unspecified atom stereocenters. The van der Waals surface area contributed by atoms with Crippen molar-refractivity contribution in [1.82, 2.24) is 25.5 Å². The first-order valence-corrected chi connectivity index (χ1v) is 5.64. The number of nitrogens with one attached hydrogen (secondary N) is 2. The molecule has 0 spiro atoms. The van der Waals surface area contributed by atoms with Crippen molar-refractivity contribution in [3.05, 3.63) is 35.7 Å². The van der Waals surface area contributed by atoms with Gasteiger partial charge < -0.3 is 10.6 Å². The Morgan fingerprint density at radius 1 is 1.47 bits per heavy atom. The summed E-state index contributed by atoms with van der Waals surface area (Å²) in [6.07, 6.45) is 1.36. The second-order valence-electron chi connectivity index (χ2n) is 4.11. The normalized spacial score (nSPS) is 12.9. The van der Waals surface area contributed by atoms with Crippen molar-refractivity contribution in [1.29, 1.82) is 0 Å². The van der Waals surface area contributed by atoms with Crippen molar-refractivity contribution in [3.63, 3.8) is 0 Å². The summed E-state index contributed by atoms with van der Waals surface area (Å²) in [5, 5.41) is 15.9. The Labute approximate surface area is 107 Å². The van der Waals surface area contributed by atoms with Crippen LogP contribution in [0.4, 0.5) is 5.69 Å². The number of aromatic nitrogens is 4. The summed E-state index contributed by atoms with van der Waals surface area (Å²) in [7, 11) is 0. The first-order valence-electron chi connectivity index (χ1n) is 5.64. The number of hydrogen-bond acceptors (Lipinski definition) is 5. The van der Waals surface area contributed by atoms with E-state index in [1.165, 1.54) is 11.0 Å². The van der Waals surface area contributed by atoms with E-state index in [4.69, 9.17) is 0 Å². The van der Waals surface area contributed by atoms with Crippen LogP contribution >= 0.6 is 0 Å². The molecule has 0 saturated carbocycles. The van der Waals surface area contributed by atoms with Gasteiger partial charge >= 0.3 is 0 Å². The number of tetrazole rings is 1. The number of fused-ring (bicyclic) bond motifs is 1. The fraction of sp³-hybridized carbons (Fsp3) is 0.182. The van der Waals surface area contributed by atoms with E-state index in [0.717, 1.165) is 5.56 Å². The molecule has 1 aliphatic rings. The Morgan fingerprint density at radius 2 is 2.37 bits per heavy atom. The van der Waals surface area contributed by atoms with Gasteiger partial charge in [-0.15, -0.1) is 5.10 Å². The first kappa shape index (κ1) is 11.3. The fourth-order valence-electron chi connectivity index (χ4n) is 1.89. The Hall–Kier alpha value is -2.77. The highest BCUT2D eigenvalue weighted by Crippen LogP contribution is 2.20. The molecule has 0 saturated heterocycles. The van der Waals surface area contributed by atoms with Gasteiger partial charge in [-0.3, -0.25) is 9.59 Å². The lowest BCUT2D eigenvalue weighted by Gasteiger charge is -2.06. The van der Waals surface area contributed by atoms with Crippen LogP contribution in [0.25, 0.3) is 0 Å². The Bertz CT molecular complexity index is 637. The lowest BCUT2D eigenvalue weighted by molar-refractivity contribution is -0.116. The standard InChI is InChI=1S/C11H10N6O2/c18-10(5-17-6-13-15-16-17)14-8-2-1-7-4-12-11(19)9(7)3-8/h1-3,6H,4-5H2,(H,12,19)(H,14,18). The highest BCUT2D eigenvalue weighted by Gasteiger charge is 2.19. The summed E-state index contributed by atoms with van der Waals surface area (Å²) in [6.45, 7) is 0.559. The maximum absolute atomic E-state index is 11.7. The molecule has 2 heterocycles. The van der Waals surface area contributed by atoms with Gasteiger partial charge in [0.05, 0.1) is 0 Å². The molecule has 0 aliphatic carbocycles. The Kier molecular flexibility index (Phi) is 2.67. The molecule has 0 fully saturated rings. The zero-order valence-electron chi connectivity index (χ0n) is 9.83. The average Bonchev–Trinajstić information content (AvgIpc) is 3.00. The van der Waals surface area contributed by atoms with Crippen LogP contribution in [0.5, 0.6) is 0 Å². The molecule has 0 atom stereocenters. The number of amides is 2. The van der Waals surface area contributed by atoms with Crippen LogP contribution in [-0.4, -0.2) is 32.0 Å². The highest BCUT2D eigenvalue weighted by atomic mass is 16.2. The van der Waals surface area contributed by atoms with Gasteiger partial charge in [-0.25, -0.2) is 4.68 Å². The minimum absolute atomic E-state index is 0.0241. The van der Waals surface area contributed by atoms with Crippen LogP contribution in [0.2, 0.25) is 0 Å². The monoisotopic (exact) mass is 258 g/mol. The van der Waals surface area contributed by atoms with Crippen LogP contribution in [0.1, 0.15) is 15.9 Å². The van der Waals surface area contributed by atoms with Gasteiger partial charge in [0.1, 0.15) is 12.9 Å². The molecule has 2 N–H and O–H groups in total. The lowest BCUT2D eigenvalue weighted by atomic mass is 10.1. The fourth-order valence-corrected chi connectivity index (χ4v) is 1.89. The van der Waals surface area contributed by atoms with E-state index in [1.807, 2.05) is 6.07 Å². The number of carbonyl (C=O) groups is 2. The summed E-state index contributed by atoms with van der Waals surface area (Å²) in [6, 6.07) is 5.24. The molecule has 2 amide bonds. The Balaban J connectivity index is 1.72. The third-order valence-corrected chi connectivity index (χ3v) is 2.77. The van der Waals surface area contributed by atoms with E-state index in [1.54, 1.807) is 12.1 Å². The van der Waals surface area contributed by atoms with Gasteiger partial charge in [-0.1, -0.05) is 6.07 Å². The van der Waals surface area contributed by atoms with E-state index in [0.29, 0.717) is 17.8 Å². The van der Waals surface area contributed by atoms with Crippen molar-refractivity contribution in [2.24, 2.45) is 0 Å². The molecular weight excluding hydrogens is 248 g/mol. The maximum atomic E-state index is 11.7. The number of rotatable bonds is 3. The molecule has 19 heavy (non-hydrogen) atoms. The second kappa shape index (κ2) is 4.48. The zero-order valence-corrected chi connectivity index (χ0v) is 9.83.